The number of carbonyl (C=O) groups excluding carboxylic acids is 1. The normalized spacial score (nSPS) is 12.4. The van der Waals surface area contributed by atoms with Crippen LogP contribution < -0.4 is 0 Å². The highest BCUT2D eigenvalue weighted by molar-refractivity contribution is 9.10. The third-order valence-electron chi connectivity index (χ3n) is 2.03. The highest BCUT2D eigenvalue weighted by Crippen LogP contribution is 2.18. The van der Waals surface area contributed by atoms with Crippen molar-refractivity contribution >= 4 is 27.6 Å². The van der Waals surface area contributed by atoms with Crippen molar-refractivity contribution in [3.63, 3.8) is 0 Å². The lowest BCUT2D eigenvalue weighted by molar-refractivity contribution is -0.136. The summed E-state index contributed by atoms with van der Waals surface area (Å²) in [5.41, 5.74) is 0.252. The van der Waals surface area contributed by atoms with E-state index in [9.17, 15) is 9.90 Å². The summed E-state index contributed by atoms with van der Waals surface area (Å²) in [7, 11) is 2.58. The van der Waals surface area contributed by atoms with Gasteiger partial charge in [-0.15, -0.1) is 5.11 Å². The van der Waals surface area contributed by atoms with Gasteiger partial charge in [-0.05, 0) is 24.3 Å². The van der Waals surface area contributed by atoms with Gasteiger partial charge < -0.3 is 14.6 Å². The summed E-state index contributed by atoms with van der Waals surface area (Å²) in [5.74, 6) is -1.12. The average Bonchev–Trinajstić information content (AvgIpc) is 2.41. The van der Waals surface area contributed by atoms with E-state index in [0.717, 1.165) is 4.47 Å². The van der Waals surface area contributed by atoms with E-state index < -0.39 is 5.97 Å². The van der Waals surface area contributed by atoms with Crippen molar-refractivity contribution in [2.75, 3.05) is 20.8 Å². The van der Waals surface area contributed by atoms with E-state index in [2.05, 4.69) is 30.9 Å². The number of nitrogens with zero attached hydrogens (tertiary/aromatic N) is 2. The zero-order chi connectivity index (χ0) is 14.3. The number of benzene rings is 1. The van der Waals surface area contributed by atoms with Gasteiger partial charge >= 0.3 is 5.97 Å². The van der Waals surface area contributed by atoms with Crippen molar-refractivity contribution in [1.29, 1.82) is 0 Å². The van der Waals surface area contributed by atoms with Crippen LogP contribution in [0.2, 0.25) is 0 Å². The number of methoxy groups -OCH3 is 2. The van der Waals surface area contributed by atoms with Crippen LogP contribution in [0.15, 0.2) is 50.4 Å². The number of aliphatic hydroxyl groups excluding tert-OH is 1. The quantitative estimate of drug-likeness (QED) is 0.389. The van der Waals surface area contributed by atoms with E-state index in [-0.39, 0.29) is 18.1 Å². The van der Waals surface area contributed by atoms with Crippen molar-refractivity contribution < 1.29 is 19.4 Å². The second-order valence-electron chi connectivity index (χ2n) is 3.40. The Hall–Kier alpha value is -1.73. The van der Waals surface area contributed by atoms with Crippen LogP contribution in [0.4, 0.5) is 5.69 Å². The van der Waals surface area contributed by atoms with E-state index in [1.165, 1.54) is 14.2 Å². The highest BCUT2D eigenvalue weighted by atomic mass is 79.9. The highest BCUT2D eigenvalue weighted by Gasteiger charge is 2.15. The van der Waals surface area contributed by atoms with E-state index in [1.54, 1.807) is 24.3 Å². The monoisotopic (exact) mass is 328 g/mol. The van der Waals surface area contributed by atoms with E-state index >= 15 is 0 Å². The number of azo groups is 1. The number of carbonyl (C=O) groups is 1. The number of rotatable bonds is 5. The first kappa shape index (κ1) is 15.3. The van der Waals surface area contributed by atoms with Gasteiger partial charge in [-0.1, -0.05) is 15.9 Å². The average molecular weight is 329 g/mol. The fourth-order valence-electron chi connectivity index (χ4n) is 1.13. The van der Waals surface area contributed by atoms with E-state index in [0.29, 0.717) is 5.69 Å². The summed E-state index contributed by atoms with van der Waals surface area (Å²) in [6.07, 6.45) is 0. The molecular weight excluding hydrogens is 316 g/mol. The molecule has 0 fully saturated rings. The van der Waals surface area contributed by atoms with Crippen molar-refractivity contribution in [1.82, 2.24) is 0 Å². The van der Waals surface area contributed by atoms with Gasteiger partial charge in [0.25, 0.3) is 0 Å². The van der Waals surface area contributed by atoms with Crippen LogP contribution in [0.5, 0.6) is 0 Å². The molecule has 1 aromatic carbocycles. The molecule has 0 bridgehead atoms. The summed E-state index contributed by atoms with van der Waals surface area (Å²) in [6, 6.07) is 6.97. The maximum atomic E-state index is 11.4. The second-order valence-corrected chi connectivity index (χ2v) is 4.31. The van der Waals surface area contributed by atoms with Crippen molar-refractivity contribution in [2.24, 2.45) is 10.2 Å². The molecule has 19 heavy (non-hydrogen) atoms. The molecule has 0 aromatic heterocycles. The Kier molecular flexibility index (Phi) is 6.17. The van der Waals surface area contributed by atoms with Gasteiger partial charge in [0.2, 0.25) is 5.70 Å². The predicted molar refractivity (Wildman–Crippen MR) is 72.2 cm³/mol. The Balaban J connectivity index is 2.98. The molecular formula is C12H13BrN2O4. The third kappa shape index (κ3) is 4.80. The second kappa shape index (κ2) is 7.65. The van der Waals surface area contributed by atoms with E-state index in [1.807, 2.05) is 0 Å². The number of hydrogen-bond donors (Lipinski definition) is 1. The van der Waals surface area contributed by atoms with Gasteiger partial charge in [-0.3, -0.25) is 0 Å². The molecule has 1 rings (SSSR count). The van der Waals surface area contributed by atoms with Crippen molar-refractivity contribution in [3.05, 3.63) is 40.2 Å². The van der Waals surface area contributed by atoms with Gasteiger partial charge in [0.05, 0.1) is 12.8 Å². The molecule has 0 aliphatic carbocycles. The van der Waals surface area contributed by atoms with Gasteiger partial charge in [-0.25, -0.2) is 4.79 Å². The van der Waals surface area contributed by atoms with Crippen LogP contribution in [0, 0.1) is 0 Å². The van der Waals surface area contributed by atoms with Crippen LogP contribution in [0.3, 0.4) is 0 Å². The molecule has 6 nitrogen and oxygen atoms in total. The minimum atomic E-state index is -0.782. The molecule has 0 radical (unpaired) electrons. The van der Waals surface area contributed by atoms with Crippen LogP contribution >= 0.6 is 15.9 Å². The first-order valence-electron chi connectivity index (χ1n) is 5.25. The lowest BCUT2D eigenvalue weighted by atomic mass is 10.3. The smallest absolute Gasteiger partial charge is 0.362 e. The van der Waals surface area contributed by atoms with E-state index in [4.69, 9.17) is 4.74 Å². The molecule has 102 valence electrons. The third-order valence-corrected chi connectivity index (χ3v) is 2.55. The summed E-state index contributed by atoms with van der Waals surface area (Å²) in [6.45, 7) is -0.149. The van der Waals surface area contributed by atoms with Gasteiger partial charge in [-0.2, -0.15) is 5.11 Å². The zero-order valence-corrected chi connectivity index (χ0v) is 12.0. The Bertz CT molecular complexity index is 497. The maximum Gasteiger partial charge on any atom is 0.362 e. The topological polar surface area (TPSA) is 80.5 Å². The number of ether oxygens (including phenoxy) is 2. The van der Waals surface area contributed by atoms with Gasteiger partial charge in [0.15, 0.2) is 5.76 Å². The van der Waals surface area contributed by atoms with Crippen molar-refractivity contribution in [3.8, 4) is 0 Å². The molecule has 0 unspecified atom stereocenters. The standard InChI is InChI=1S/C12H13BrN2O4/c1-18-7-10(16)11(12(17)19-2)15-14-9-5-3-8(13)4-6-9/h3-6,16H,7H2,1-2H3/b11-10-,15-14?. The number of halogens is 1. The Morgan fingerprint density at radius 3 is 2.47 bits per heavy atom. The van der Waals surface area contributed by atoms with Crippen LogP contribution in [-0.2, 0) is 14.3 Å². The molecule has 0 heterocycles. The molecule has 1 N–H and O–H groups in total. The number of aliphatic hydroxyl groups is 1. The number of hydrogen-bond acceptors (Lipinski definition) is 6. The summed E-state index contributed by atoms with van der Waals surface area (Å²) in [5, 5.41) is 17.2. The minimum absolute atomic E-state index is 0.149. The molecule has 0 aliphatic heterocycles. The fourth-order valence-corrected chi connectivity index (χ4v) is 1.40. The van der Waals surface area contributed by atoms with Crippen LogP contribution in [0.25, 0.3) is 0 Å². The first-order chi connectivity index (χ1) is 9.08. The molecule has 0 saturated carbocycles. The molecule has 0 amide bonds. The SMILES string of the molecule is COC/C(O)=C(/N=Nc1ccc(Br)cc1)C(=O)OC. The largest absolute Gasteiger partial charge is 0.507 e. The first-order valence-corrected chi connectivity index (χ1v) is 6.04. The summed E-state index contributed by atoms with van der Waals surface area (Å²) < 4.78 is 10.1. The van der Waals surface area contributed by atoms with Crippen molar-refractivity contribution in [2.45, 2.75) is 0 Å². The molecule has 0 spiro atoms. The number of esters is 1. The van der Waals surface area contributed by atoms with Crippen LogP contribution in [-0.4, -0.2) is 31.9 Å². The Morgan fingerprint density at radius 1 is 1.32 bits per heavy atom. The lowest BCUT2D eigenvalue weighted by Gasteiger charge is -2.03. The molecule has 1 aromatic rings. The Morgan fingerprint density at radius 2 is 1.95 bits per heavy atom. The van der Waals surface area contributed by atoms with Crippen LogP contribution in [0.1, 0.15) is 0 Å². The summed E-state index contributed by atoms with van der Waals surface area (Å²) >= 11 is 3.29. The van der Waals surface area contributed by atoms with Gasteiger partial charge in [0.1, 0.15) is 6.61 Å². The lowest BCUT2D eigenvalue weighted by Crippen LogP contribution is -2.08. The summed E-state index contributed by atoms with van der Waals surface area (Å²) in [4.78, 5) is 11.4. The molecule has 0 saturated heterocycles. The minimum Gasteiger partial charge on any atom is -0.507 e. The molecule has 7 heteroatoms. The fraction of sp³-hybridized carbons (Fsp3) is 0.250. The van der Waals surface area contributed by atoms with Gasteiger partial charge in [0, 0.05) is 11.6 Å². The Labute approximate surface area is 118 Å². The molecule has 0 aliphatic rings. The molecule has 0 atom stereocenters. The maximum absolute atomic E-state index is 11.4. The predicted octanol–water partition coefficient (Wildman–Crippen LogP) is 3.12. The zero-order valence-electron chi connectivity index (χ0n) is 10.5.